The highest BCUT2D eigenvalue weighted by Crippen LogP contribution is 2.36. The highest BCUT2D eigenvalue weighted by atomic mass is 35.5. The Morgan fingerprint density at radius 3 is 2.67 bits per heavy atom. The van der Waals surface area contributed by atoms with E-state index in [1.165, 1.54) is 11.1 Å². The third-order valence-electron chi connectivity index (χ3n) is 3.39. The molecule has 21 heavy (non-hydrogen) atoms. The van der Waals surface area contributed by atoms with E-state index in [1.807, 2.05) is 12.1 Å². The molecule has 0 aromatic heterocycles. The third-order valence-corrected chi connectivity index (χ3v) is 3.95. The molecule has 2 N–H and O–H groups in total. The van der Waals surface area contributed by atoms with Gasteiger partial charge in [-0.3, -0.25) is 0 Å². The summed E-state index contributed by atoms with van der Waals surface area (Å²) in [6, 6.07) is 9.41. The minimum Gasteiger partial charge on any atom is -0.487 e. The summed E-state index contributed by atoms with van der Waals surface area (Å²) in [4.78, 5) is 0. The number of benzene rings is 2. The Bertz CT molecular complexity index is 665. The molecule has 3 rings (SSSR count). The second-order valence-corrected chi connectivity index (χ2v) is 5.99. The van der Waals surface area contributed by atoms with E-state index in [9.17, 15) is 0 Å². The van der Waals surface area contributed by atoms with Crippen molar-refractivity contribution < 1.29 is 9.47 Å². The van der Waals surface area contributed by atoms with Gasteiger partial charge in [0.25, 0.3) is 0 Å². The highest BCUT2D eigenvalue weighted by molar-refractivity contribution is 6.37. The van der Waals surface area contributed by atoms with Crippen LogP contribution >= 0.6 is 23.2 Å². The smallest absolute Gasteiger partial charge is 0.156 e. The lowest BCUT2D eigenvalue weighted by Crippen LogP contribution is -2.22. The molecule has 0 spiro atoms. The van der Waals surface area contributed by atoms with Crippen molar-refractivity contribution in [1.82, 2.24) is 0 Å². The topological polar surface area (TPSA) is 44.5 Å². The van der Waals surface area contributed by atoms with Crippen LogP contribution < -0.4 is 15.2 Å². The van der Waals surface area contributed by atoms with Crippen LogP contribution in [0.15, 0.2) is 30.3 Å². The van der Waals surface area contributed by atoms with Crippen molar-refractivity contribution in [3.8, 4) is 11.5 Å². The van der Waals surface area contributed by atoms with Gasteiger partial charge in [0.05, 0.1) is 10.0 Å². The van der Waals surface area contributed by atoms with Crippen molar-refractivity contribution in [1.29, 1.82) is 0 Å². The molecule has 1 heterocycles. The van der Waals surface area contributed by atoms with Crippen LogP contribution in [0, 0.1) is 6.92 Å². The molecule has 1 aliphatic rings. The Kier molecular flexibility index (Phi) is 3.87. The fourth-order valence-corrected chi connectivity index (χ4v) is 3.05. The van der Waals surface area contributed by atoms with Gasteiger partial charge in [-0.05, 0) is 30.7 Å². The van der Waals surface area contributed by atoms with E-state index in [-0.39, 0.29) is 6.10 Å². The number of hydrogen-bond donors (Lipinski definition) is 1. The number of hydrogen-bond acceptors (Lipinski definition) is 3. The average molecular weight is 324 g/mol. The summed E-state index contributed by atoms with van der Waals surface area (Å²) in [5.74, 6) is 1.37. The van der Waals surface area contributed by atoms with E-state index >= 15 is 0 Å². The first-order valence-corrected chi connectivity index (χ1v) is 7.42. The zero-order valence-electron chi connectivity index (χ0n) is 11.5. The molecule has 1 unspecified atom stereocenters. The number of rotatable bonds is 3. The summed E-state index contributed by atoms with van der Waals surface area (Å²) in [7, 11) is 0. The first-order chi connectivity index (χ1) is 10.0. The minimum atomic E-state index is -0.0357. The molecular formula is C16H15Cl2NO2. The molecule has 5 heteroatoms. The normalized spacial score (nSPS) is 16.4. The van der Waals surface area contributed by atoms with Crippen molar-refractivity contribution >= 4 is 28.9 Å². The van der Waals surface area contributed by atoms with Crippen LogP contribution in [-0.4, -0.2) is 12.7 Å². The maximum Gasteiger partial charge on any atom is 0.156 e. The fourth-order valence-electron chi connectivity index (χ4n) is 2.44. The van der Waals surface area contributed by atoms with Crippen LogP contribution in [-0.2, 0) is 6.42 Å². The second kappa shape index (κ2) is 5.66. The molecule has 0 aliphatic carbocycles. The monoisotopic (exact) mass is 323 g/mol. The van der Waals surface area contributed by atoms with Gasteiger partial charge in [-0.25, -0.2) is 0 Å². The van der Waals surface area contributed by atoms with Gasteiger partial charge in [0, 0.05) is 12.1 Å². The first kappa shape index (κ1) is 14.4. The summed E-state index contributed by atoms with van der Waals surface area (Å²) in [6.07, 6.45) is 0.785. The zero-order chi connectivity index (χ0) is 15.0. The molecule has 0 radical (unpaired) electrons. The zero-order valence-corrected chi connectivity index (χ0v) is 13.0. The van der Waals surface area contributed by atoms with Gasteiger partial charge in [0.15, 0.2) is 5.75 Å². The predicted molar refractivity (Wildman–Crippen MR) is 85.7 cm³/mol. The lowest BCUT2D eigenvalue weighted by Gasteiger charge is -2.14. The molecule has 2 aromatic carbocycles. The van der Waals surface area contributed by atoms with Crippen LogP contribution in [0.4, 0.5) is 5.69 Å². The summed E-state index contributed by atoms with van der Waals surface area (Å²) in [6.45, 7) is 2.45. The van der Waals surface area contributed by atoms with Gasteiger partial charge in [-0.1, -0.05) is 40.9 Å². The van der Waals surface area contributed by atoms with Crippen LogP contribution in [0.5, 0.6) is 11.5 Å². The number of nitrogen functional groups attached to an aromatic ring is 1. The van der Waals surface area contributed by atoms with Gasteiger partial charge in [-0.2, -0.15) is 0 Å². The molecule has 0 fully saturated rings. The van der Waals surface area contributed by atoms with Crippen LogP contribution in [0.1, 0.15) is 11.1 Å². The van der Waals surface area contributed by atoms with Crippen molar-refractivity contribution in [2.24, 2.45) is 0 Å². The molecule has 2 aromatic rings. The van der Waals surface area contributed by atoms with Crippen molar-refractivity contribution in [2.45, 2.75) is 19.4 Å². The van der Waals surface area contributed by atoms with Crippen molar-refractivity contribution in [3.63, 3.8) is 0 Å². The standard InChI is InChI=1S/C16H15Cl2NO2/c1-9-2-3-15-10(4-9)5-12(21-15)8-20-16-13(17)6-11(19)7-14(16)18/h2-4,6-7,12H,5,8,19H2,1H3. The third kappa shape index (κ3) is 3.04. The van der Waals surface area contributed by atoms with E-state index in [1.54, 1.807) is 12.1 Å². The Balaban J connectivity index is 1.68. The number of fused-ring (bicyclic) bond motifs is 1. The van der Waals surface area contributed by atoms with Crippen LogP contribution in [0.3, 0.4) is 0 Å². The van der Waals surface area contributed by atoms with E-state index in [2.05, 4.69) is 13.0 Å². The van der Waals surface area contributed by atoms with E-state index in [0.717, 1.165) is 12.2 Å². The quantitative estimate of drug-likeness (QED) is 0.858. The molecule has 0 amide bonds. The SMILES string of the molecule is Cc1ccc2c(c1)CC(COc1c(Cl)cc(N)cc1Cl)O2. The number of anilines is 1. The van der Waals surface area contributed by atoms with Gasteiger partial charge in [0.2, 0.25) is 0 Å². The molecule has 0 saturated heterocycles. The Labute approximate surface area is 133 Å². The van der Waals surface area contributed by atoms with Crippen molar-refractivity contribution in [3.05, 3.63) is 51.5 Å². The molecular weight excluding hydrogens is 309 g/mol. The number of aryl methyl sites for hydroxylation is 1. The number of nitrogens with two attached hydrogens (primary N) is 1. The fraction of sp³-hybridized carbons (Fsp3) is 0.250. The second-order valence-electron chi connectivity index (χ2n) is 5.18. The molecule has 110 valence electrons. The number of ether oxygens (including phenoxy) is 2. The Morgan fingerprint density at radius 2 is 1.95 bits per heavy atom. The molecule has 0 saturated carbocycles. The highest BCUT2D eigenvalue weighted by Gasteiger charge is 2.24. The maximum absolute atomic E-state index is 6.10. The van der Waals surface area contributed by atoms with E-state index in [0.29, 0.717) is 28.1 Å². The summed E-state index contributed by atoms with van der Waals surface area (Å²) < 4.78 is 11.6. The van der Waals surface area contributed by atoms with Crippen molar-refractivity contribution in [2.75, 3.05) is 12.3 Å². The van der Waals surface area contributed by atoms with Crippen LogP contribution in [0.25, 0.3) is 0 Å². The van der Waals surface area contributed by atoms with Gasteiger partial charge in [-0.15, -0.1) is 0 Å². The van der Waals surface area contributed by atoms with Gasteiger partial charge in [0.1, 0.15) is 18.5 Å². The van der Waals surface area contributed by atoms with Gasteiger partial charge >= 0.3 is 0 Å². The summed E-state index contributed by atoms with van der Waals surface area (Å²) in [5, 5.41) is 0.817. The van der Waals surface area contributed by atoms with E-state index < -0.39 is 0 Å². The maximum atomic E-state index is 6.10. The largest absolute Gasteiger partial charge is 0.487 e. The number of halogens is 2. The Hall–Kier alpha value is -1.58. The molecule has 0 bridgehead atoms. The van der Waals surface area contributed by atoms with Crippen LogP contribution in [0.2, 0.25) is 10.0 Å². The lowest BCUT2D eigenvalue weighted by atomic mass is 10.1. The molecule has 1 aliphatic heterocycles. The van der Waals surface area contributed by atoms with E-state index in [4.69, 9.17) is 38.4 Å². The Morgan fingerprint density at radius 1 is 1.24 bits per heavy atom. The summed E-state index contributed by atoms with van der Waals surface area (Å²) in [5.41, 5.74) is 8.61. The predicted octanol–water partition coefficient (Wildman–Crippen LogP) is 4.27. The lowest BCUT2D eigenvalue weighted by molar-refractivity contribution is 0.148. The first-order valence-electron chi connectivity index (χ1n) is 6.66. The molecule has 1 atom stereocenters. The summed E-state index contributed by atoms with van der Waals surface area (Å²) >= 11 is 12.2. The van der Waals surface area contributed by atoms with Gasteiger partial charge < -0.3 is 15.2 Å². The average Bonchev–Trinajstić information content (AvgIpc) is 2.79. The molecule has 3 nitrogen and oxygen atoms in total. The minimum absolute atomic E-state index is 0.0357.